The number of amides is 2. The number of hydrogen-bond acceptors (Lipinski definition) is 5. The number of hydrogen-bond donors (Lipinski definition) is 1. The smallest absolute Gasteiger partial charge is 0.227 e. The molecule has 1 aliphatic heterocycles. The largest absolute Gasteiger partial charge is 0.354 e. The molecule has 1 unspecified atom stereocenters. The molecule has 0 spiro atoms. The molecule has 2 aromatic heterocycles. The second-order valence-electron chi connectivity index (χ2n) is 6.73. The minimum atomic E-state index is -0.460. The summed E-state index contributed by atoms with van der Waals surface area (Å²) in [6, 6.07) is 7.65. The van der Waals surface area contributed by atoms with Crippen LogP contribution in [-0.4, -0.2) is 44.7 Å². The van der Waals surface area contributed by atoms with E-state index in [4.69, 9.17) is 0 Å². The highest BCUT2D eigenvalue weighted by atomic mass is 19.1. The summed E-state index contributed by atoms with van der Waals surface area (Å²) in [5.41, 5.74) is 1.85. The van der Waals surface area contributed by atoms with Crippen LogP contribution in [0.3, 0.4) is 0 Å². The van der Waals surface area contributed by atoms with E-state index in [2.05, 4.69) is 20.4 Å². The fraction of sp³-hybridized carbons (Fsp3) is 0.250. The Morgan fingerprint density at radius 3 is 2.93 bits per heavy atom. The first-order valence-corrected chi connectivity index (χ1v) is 9.23. The lowest BCUT2D eigenvalue weighted by Crippen LogP contribution is -2.34. The summed E-state index contributed by atoms with van der Waals surface area (Å²) >= 11 is 0. The van der Waals surface area contributed by atoms with Gasteiger partial charge >= 0.3 is 0 Å². The van der Waals surface area contributed by atoms with Gasteiger partial charge in [0.05, 0.1) is 18.7 Å². The zero-order chi connectivity index (χ0) is 20.2. The van der Waals surface area contributed by atoms with Crippen molar-refractivity contribution in [3.05, 3.63) is 60.9 Å². The molecular formula is C20H19FN6O2. The van der Waals surface area contributed by atoms with Crippen LogP contribution in [-0.2, 0) is 16.1 Å². The average molecular weight is 394 g/mol. The van der Waals surface area contributed by atoms with E-state index >= 15 is 0 Å². The Labute approximate surface area is 166 Å². The van der Waals surface area contributed by atoms with Gasteiger partial charge in [-0.3, -0.25) is 24.2 Å². The maximum Gasteiger partial charge on any atom is 0.227 e. The highest BCUT2D eigenvalue weighted by Crippen LogP contribution is 2.25. The third kappa shape index (κ3) is 4.29. The fourth-order valence-electron chi connectivity index (χ4n) is 3.27. The van der Waals surface area contributed by atoms with Crippen molar-refractivity contribution in [2.24, 2.45) is 5.92 Å². The second kappa shape index (κ2) is 8.17. The van der Waals surface area contributed by atoms with Gasteiger partial charge in [-0.1, -0.05) is 6.07 Å². The lowest BCUT2D eigenvalue weighted by atomic mass is 10.1. The molecule has 1 N–H and O–H groups in total. The molecular weight excluding hydrogens is 375 g/mol. The van der Waals surface area contributed by atoms with Gasteiger partial charge in [0, 0.05) is 43.8 Å². The van der Waals surface area contributed by atoms with Crippen molar-refractivity contribution in [3.63, 3.8) is 0 Å². The third-order valence-corrected chi connectivity index (χ3v) is 4.72. The zero-order valence-electron chi connectivity index (χ0n) is 15.5. The number of anilines is 1. The molecule has 1 atom stereocenters. The van der Waals surface area contributed by atoms with Gasteiger partial charge in [-0.25, -0.2) is 4.39 Å². The number of halogens is 1. The predicted octanol–water partition coefficient (Wildman–Crippen LogP) is 1.65. The number of nitrogens with zero attached hydrogens (tertiary/aromatic N) is 5. The molecule has 1 aromatic carbocycles. The highest BCUT2D eigenvalue weighted by Gasteiger charge is 2.35. The Hall–Kier alpha value is -3.62. The quantitative estimate of drug-likeness (QED) is 0.686. The third-order valence-electron chi connectivity index (χ3n) is 4.72. The Morgan fingerprint density at radius 2 is 2.14 bits per heavy atom. The standard InChI is InChI=1S/C20H19FN6O2/c21-15-2-1-3-16(11-15)27-13-14(10-19(27)28)20(29)24-7-9-26-8-4-17(25-26)18-12-22-5-6-23-18/h1-6,8,11-12,14H,7,9-10,13H2,(H,24,29). The molecule has 2 amide bonds. The molecule has 9 heteroatoms. The molecule has 1 fully saturated rings. The van der Waals surface area contributed by atoms with E-state index in [-0.39, 0.29) is 24.8 Å². The summed E-state index contributed by atoms with van der Waals surface area (Å²) in [7, 11) is 0. The van der Waals surface area contributed by atoms with Crippen molar-refractivity contribution in [1.82, 2.24) is 25.1 Å². The Bertz CT molecular complexity index is 1020. The van der Waals surface area contributed by atoms with Crippen LogP contribution in [0.5, 0.6) is 0 Å². The Kier molecular flexibility index (Phi) is 5.28. The van der Waals surface area contributed by atoms with Crippen LogP contribution < -0.4 is 10.2 Å². The number of rotatable bonds is 6. The molecule has 8 nitrogen and oxygen atoms in total. The molecule has 29 heavy (non-hydrogen) atoms. The Balaban J connectivity index is 1.29. The van der Waals surface area contributed by atoms with E-state index < -0.39 is 11.7 Å². The normalized spacial score (nSPS) is 16.2. The number of aromatic nitrogens is 4. The molecule has 1 aliphatic rings. The first-order chi connectivity index (χ1) is 14.1. The van der Waals surface area contributed by atoms with Crippen LogP contribution in [0.1, 0.15) is 6.42 Å². The fourth-order valence-corrected chi connectivity index (χ4v) is 3.27. The molecule has 3 heterocycles. The lowest BCUT2D eigenvalue weighted by Gasteiger charge is -2.16. The van der Waals surface area contributed by atoms with Crippen molar-refractivity contribution in [3.8, 4) is 11.4 Å². The van der Waals surface area contributed by atoms with Crippen molar-refractivity contribution in [1.29, 1.82) is 0 Å². The minimum Gasteiger partial charge on any atom is -0.354 e. The van der Waals surface area contributed by atoms with Crippen LogP contribution in [0.2, 0.25) is 0 Å². The van der Waals surface area contributed by atoms with Crippen LogP contribution >= 0.6 is 0 Å². The van der Waals surface area contributed by atoms with Crippen molar-refractivity contribution < 1.29 is 14.0 Å². The Morgan fingerprint density at radius 1 is 1.24 bits per heavy atom. The van der Waals surface area contributed by atoms with E-state index in [1.807, 2.05) is 6.07 Å². The van der Waals surface area contributed by atoms with E-state index in [1.54, 1.807) is 41.6 Å². The maximum absolute atomic E-state index is 13.4. The monoisotopic (exact) mass is 394 g/mol. The number of carbonyl (C=O) groups is 2. The second-order valence-corrected chi connectivity index (χ2v) is 6.73. The van der Waals surface area contributed by atoms with Gasteiger partial charge in [0.1, 0.15) is 17.2 Å². The van der Waals surface area contributed by atoms with E-state index in [0.29, 0.717) is 30.2 Å². The average Bonchev–Trinajstić information content (AvgIpc) is 3.35. The molecule has 1 saturated heterocycles. The summed E-state index contributed by atoms with van der Waals surface area (Å²) in [4.78, 5) is 34.3. The molecule has 3 aromatic rings. The summed E-state index contributed by atoms with van der Waals surface area (Å²) in [5.74, 6) is -1.25. The minimum absolute atomic E-state index is 0.112. The van der Waals surface area contributed by atoms with E-state index in [9.17, 15) is 14.0 Å². The molecule has 148 valence electrons. The first kappa shape index (κ1) is 18.7. The topological polar surface area (TPSA) is 93.0 Å². The van der Waals surface area contributed by atoms with Gasteiger partial charge in [0.15, 0.2) is 0 Å². The van der Waals surface area contributed by atoms with Crippen LogP contribution in [0.15, 0.2) is 55.1 Å². The van der Waals surface area contributed by atoms with Gasteiger partial charge in [-0.15, -0.1) is 0 Å². The number of carbonyl (C=O) groups excluding carboxylic acids is 2. The molecule has 0 radical (unpaired) electrons. The maximum atomic E-state index is 13.4. The molecule has 0 aliphatic carbocycles. The number of nitrogens with one attached hydrogen (secondary N) is 1. The molecule has 0 bridgehead atoms. The molecule has 4 rings (SSSR count). The number of benzene rings is 1. The van der Waals surface area contributed by atoms with Crippen molar-refractivity contribution in [2.75, 3.05) is 18.0 Å². The summed E-state index contributed by atoms with van der Waals surface area (Å²) in [6.45, 7) is 1.11. The molecule has 0 saturated carbocycles. The van der Waals surface area contributed by atoms with Crippen LogP contribution in [0.25, 0.3) is 11.4 Å². The van der Waals surface area contributed by atoms with E-state index in [1.165, 1.54) is 17.0 Å². The van der Waals surface area contributed by atoms with Gasteiger partial charge in [0.2, 0.25) is 11.8 Å². The van der Waals surface area contributed by atoms with Crippen molar-refractivity contribution >= 4 is 17.5 Å². The lowest BCUT2D eigenvalue weighted by molar-refractivity contribution is -0.126. The summed E-state index contributed by atoms with van der Waals surface area (Å²) in [5, 5.41) is 7.26. The summed E-state index contributed by atoms with van der Waals surface area (Å²) in [6.07, 6.45) is 6.75. The highest BCUT2D eigenvalue weighted by molar-refractivity contribution is 6.00. The van der Waals surface area contributed by atoms with Crippen LogP contribution in [0.4, 0.5) is 10.1 Å². The zero-order valence-corrected chi connectivity index (χ0v) is 15.5. The van der Waals surface area contributed by atoms with Gasteiger partial charge in [0.25, 0.3) is 0 Å². The summed E-state index contributed by atoms with van der Waals surface area (Å²) < 4.78 is 15.1. The van der Waals surface area contributed by atoms with E-state index in [0.717, 1.165) is 0 Å². The van der Waals surface area contributed by atoms with Gasteiger partial charge in [-0.2, -0.15) is 5.10 Å². The van der Waals surface area contributed by atoms with Crippen LogP contribution in [0, 0.1) is 11.7 Å². The van der Waals surface area contributed by atoms with Gasteiger partial charge < -0.3 is 10.2 Å². The predicted molar refractivity (Wildman–Crippen MR) is 103 cm³/mol. The SMILES string of the molecule is O=C(NCCn1ccc(-c2cnccn2)n1)C1CC(=O)N(c2cccc(F)c2)C1. The van der Waals surface area contributed by atoms with Crippen molar-refractivity contribution in [2.45, 2.75) is 13.0 Å². The van der Waals surface area contributed by atoms with Gasteiger partial charge in [-0.05, 0) is 24.3 Å². The first-order valence-electron chi connectivity index (χ1n) is 9.23.